The minimum Gasteiger partial charge on any atom is -0.598 e. The Morgan fingerprint density at radius 2 is 1.85 bits per heavy atom. The summed E-state index contributed by atoms with van der Waals surface area (Å²) in [6.07, 6.45) is 3.95. The van der Waals surface area contributed by atoms with Gasteiger partial charge in [-0.1, -0.05) is 22.4 Å². The van der Waals surface area contributed by atoms with E-state index in [1.165, 1.54) is 10.6 Å². The molecule has 0 aliphatic carbocycles. The predicted octanol–water partition coefficient (Wildman–Crippen LogP) is 1.27. The summed E-state index contributed by atoms with van der Waals surface area (Å²) in [6, 6.07) is 7.27. The van der Waals surface area contributed by atoms with Crippen LogP contribution in [0, 0.1) is 0 Å². The number of carbonyl (C=O) groups is 2. The summed E-state index contributed by atoms with van der Waals surface area (Å²) in [4.78, 5) is 29.2. The summed E-state index contributed by atoms with van der Waals surface area (Å²) in [5.74, 6) is -0.0122. The lowest BCUT2D eigenvalue weighted by atomic mass is 10.0. The fraction of sp³-hybridized carbons (Fsp3) is 0.579. The van der Waals surface area contributed by atoms with Crippen molar-refractivity contribution in [1.29, 1.82) is 0 Å². The van der Waals surface area contributed by atoms with Crippen molar-refractivity contribution < 1.29 is 18.4 Å². The Bertz CT molecular complexity index is 800. The summed E-state index contributed by atoms with van der Waals surface area (Å²) in [6.45, 7) is 2.19. The molecule has 0 radical (unpaired) electrons. The van der Waals surface area contributed by atoms with Gasteiger partial charge in [0.15, 0.2) is 0 Å². The molecule has 1 aromatic carbocycles. The lowest BCUT2D eigenvalue weighted by Crippen LogP contribution is -2.53. The van der Waals surface area contributed by atoms with Crippen LogP contribution in [0.5, 0.6) is 0 Å². The van der Waals surface area contributed by atoms with Crippen LogP contribution in [0.2, 0.25) is 0 Å². The van der Waals surface area contributed by atoms with Crippen molar-refractivity contribution in [3.05, 3.63) is 35.4 Å². The van der Waals surface area contributed by atoms with Gasteiger partial charge in [0.2, 0.25) is 5.91 Å². The van der Waals surface area contributed by atoms with E-state index in [1.54, 1.807) is 4.90 Å². The Morgan fingerprint density at radius 1 is 1.15 bits per heavy atom. The second-order valence-electron chi connectivity index (χ2n) is 7.68. The van der Waals surface area contributed by atoms with Gasteiger partial charge >= 0.3 is 0 Å². The lowest BCUT2D eigenvalue weighted by Gasteiger charge is -2.38. The maximum atomic E-state index is 12.9. The van der Waals surface area contributed by atoms with Gasteiger partial charge in [-0.2, -0.15) is 0 Å². The van der Waals surface area contributed by atoms with Gasteiger partial charge in [0.1, 0.15) is 22.7 Å². The van der Waals surface area contributed by atoms with Crippen molar-refractivity contribution in [2.75, 3.05) is 25.9 Å². The quantitative estimate of drug-likeness (QED) is 0.727. The smallest absolute Gasteiger partial charge is 0.254 e. The molecule has 2 atom stereocenters. The first-order chi connectivity index (χ1) is 12.9. The summed E-state index contributed by atoms with van der Waals surface area (Å²) < 4.78 is 25.2. The standard InChI is InChI=1S/C19H25N3O4S/c1-27(25,26)22-10-4-7-17(22)19(24)20-11-8-15(9-12-20)21-13-14-5-2-3-6-16(14)18(21)23/h2-3,5-6,15,17H,4,7-13H2,1H3. The molecule has 2 amide bonds. The number of piperidine rings is 1. The Morgan fingerprint density at radius 3 is 2.52 bits per heavy atom. The predicted molar refractivity (Wildman–Crippen MR) is 100 cm³/mol. The zero-order valence-corrected chi connectivity index (χ0v) is 16.3. The molecular weight excluding hydrogens is 366 g/mol. The Labute approximate surface area is 160 Å². The average molecular weight is 391 g/mol. The van der Waals surface area contributed by atoms with Crippen molar-refractivity contribution in [2.45, 2.75) is 44.3 Å². The molecule has 3 heterocycles. The normalized spacial score (nSPS) is 26.3. The summed E-state index contributed by atoms with van der Waals surface area (Å²) in [5, 5.41) is 0. The van der Waals surface area contributed by atoms with Crippen LogP contribution in [-0.4, -0.2) is 68.4 Å². The molecule has 2 fully saturated rings. The molecule has 0 spiro atoms. The zero-order valence-electron chi connectivity index (χ0n) is 15.5. The third-order valence-electron chi connectivity index (χ3n) is 5.98. The molecule has 27 heavy (non-hydrogen) atoms. The second kappa shape index (κ2) is 7.00. The van der Waals surface area contributed by atoms with Gasteiger partial charge in [0.05, 0.1) is 0 Å². The number of carbonyl (C=O) groups excluding carboxylic acids is 2. The highest BCUT2D eigenvalue weighted by Crippen LogP contribution is 2.30. The molecule has 3 aliphatic rings. The van der Waals surface area contributed by atoms with Crippen LogP contribution in [0.3, 0.4) is 0 Å². The maximum Gasteiger partial charge on any atom is 0.254 e. The lowest BCUT2D eigenvalue weighted by molar-refractivity contribution is -0.136. The summed E-state index contributed by atoms with van der Waals surface area (Å²) in [5.41, 5.74) is 1.85. The topological polar surface area (TPSA) is 84.0 Å². The molecule has 0 N–H and O–H groups in total. The molecule has 7 nitrogen and oxygen atoms in total. The Hall–Kier alpha value is -1.77. The van der Waals surface area contributed by atoms with E-state index < -0.39 is 16.4 Å². The van der Waals surface area contributed by atoms with E-state index in [4.69, 9.17) is 0 Å². The van der Waals surface area contributed by atoms with E-state index in [0.29, 0.717) is 32.6 Å². The fourth-order valence-electron chi connectivity index (χ4n) is 4.56. The van der Waals surface area contributed by atoms with Crippen LogP contribution in [0.4, 0.5) is 0 Å². The molecule has 2 saturated heterocycles. The van der Waals surface area contributed by atoms with Gasteiger partial charge in [0.25, 0.3) is 5.91 Å². The first-order valence-electron chi connectivity index (χ1n) is 9.51. The zero-order chi connectivity index (χ0) is 19.2. The third-order valence-corrected chi connectivity index (χ3v) is 7.27. The van der Waals surface area contributed by atoms with E-state index in [0.717, 1.165) is 30.4 Å². The SMILES string of the molecule is C[S+](=O)([O-])N1CCCC1C(=O)N1CCC(N2Cc3ccccc3C2=O)CC1. The molecule has 8 heteroatoms. The molecule has 146 valence electrons. The molecule has 1 aromatic rings. The number of rotatable bonds is 3. The van der Waals surface area contributed by atoms with Gasteiger partial charge < -0.3 is 14.4 Å². The van der Waals surface area contributed by atoms with Crippen LogP contribution in [0.25, 0.3) is 0 Å². The molecule has 0 aromatic heterocycles. The average Bonchev–Trinajstić information content (AvgIpc) is 3.27. The van der Waals surface area contributed by atoms with E-state index in [2.05, 4.69) is 0 Å². The fourth-order valence-corrected chi connectivity index (χ4v) is 5.68. The number of hydrogen-bond donors (Lipinski definition) is 0. The van der Waals surface area contributed by atoms with Gasteiger partial charge in [-0.15, -0.1) is 4.31 Å². The van der Waals surface area contributed by atoms with Crippen molar-refractivity contribution >= 4 is 22.2 Å². The number of likely N-dealkylation sites (tertiary alicyclic amines) is 1. The minimum atomic E-state index is -3.36. The van der Waals surface area contributed by atoms with Crippen LogP contribution < -0.4 is 0 Å². The van der Waals surface area contributed by atoms with Crippen LogP contribution in [0.1, 0.15) is 41.6 Å². The monoisotopic (exact) mass is 391 g/mol. The van der Waals surface area contributed by atoms with Gasteiger partial charge in [-0.3, -0.25) is 9.59 Å². The third kappa shape index (κ3) is 3.41. The summed E-state index contributed by atoms with van der Waals surface area (Å²) >= 11 is 0. The number of fused-ring (bicyclic) bond motifs is 1. The maximum absolute atomic E-state index is 12.9. The number of hydrogen-bond acceptors (Lipinski definition) is 4. The molecule has 0 saturated carbocycles. The van der Waals surface area contributed by atoms with Crippen LogP contribution >= 0.6 is 0 Å². The number of benzene rings is 1. The van der Waals surface area contributed by atoms with E-state index in [9.17, 15) is 18.4 Å². The van der Waals surface area contributed by atoms with E-state index in [1.807, 2.05) is 29.2 Å². The largest absolute Gasteiger partial charge is 0.598 e. The van der Waals surface area contributed by atoms with E-state index >= 15 is 0 Å². The highest BCUT2D eigenvalue weighted by atomic mass is 32.3. The van der Waals surface area contributed by atoms with Crippen molar-refractivity contribution in [1.82, 2.24) is 14.1 Å². The van der Waals surface area contributed by atoms with Gasteiger partial charge in [0, 0.05) is 37.8 Å². The Balaban J connectivity index is 1.38. The molecule has 2 unspecified atom stereocenters. The van der Waals surface area contributed by atoms with E-state index in [-0.39, 0.29) is 17.9 Å². The van der Waals surface area contributed by atoms with Crippen molar-refractivity contribution in [3.8, 4) is 0 Å². The van der Waals surface area contributed by atoms with Crippen molar-refractivity contribution in [3.63, 3.8) is 0 Å². The highest BCUT2D eigenvalue weighted by molar-refractivity contribution is 7.94. The number of nitrogens with zero attached hydrogens (tertiary/aromatic N) is 3. The van der Waals surface area contributed by atoms with Crippen molar-refractivity contribution in [2.24, 2.45) is 0 Å². The number of amides is 2. The molecular formula is C19H25N3O4S. The van der Waals surface area contributed by atoms with Crippen LogP contribution in [0.15, 0.2) is 24.3 Å². The first kappa shape index (κ1) is 18.6. The molecule has 0 bridgehead atoms. The minimum absolute atomic E-state index is 0.0782. The van der Waals surface area contributed by atoms with Crippen LogP contribution in [-0.2, 0) is 25.9 Å². The second-order valence-corrected chi connectivity index (χ2v) is 9.61. The van der Waals surface area contributed by atoms with Gasteiger partial charge in [-0.25, -0.2) is 0 Å². The first-order valence-corrected chi connectivity index (χ1v) is 11.4. The number of sulfonamides is 1. The molecule has 4 rings (SSSR count). The Kier molecular flexibility index (Phi) is 4.82. The summed E-state index contributed by atoms with van der Waals surface area (Å²) in [7, 11) is -3.36. The molecule has 3 aliphatic heterocycles. The van der Waals surface area contributed by atoms with Gasteiger partial charge in [-0.05, 0) is 37.3 Å². The highest BCUT2D eigenvalue weighted by Gasteiger charge is 2.43.